The summed E-state index contributed by atoms with van der Waals surface area (Å²) in [5.41, 5.74) is 0. The molecule has 1 unspecified atom stereocenters. The molecule has 8 heteroatoms. The van der Waals surface area contributed by atoms with Gasteiger partial charge in [0.1, 0.15) is 0 Å². The van der Waals surface area contributed by atoms with Crippen molar-refractivity contribution in [2.75, 3.05) is 17.6 Å². The molecule has 0 radical (unpaired) electrons. The fraction of sp³-hybridized carbons (Fsp3) is 0.611. The smallest absolute Gasteiger partial charge is 0.230 e. The van der Waals surface area contributed by atoms with Crippen LogP contribution in [0.25, 0.3) is 0 Å². The lowest BCUT2D eigenvalue weighted by atomic mass is 10.0. The van der Waals surface area contributed by atoms with Crippen LogP contribution in [0.5, 0.6) is 0 Å². The summed E-state index contributed by atoms with van der Waals surface area (Å²) in [4.78, 5) is 13.4. The third-order valence-corrected chi connectivity index (χ3v) is 6.74. The van der Waals surface area contributed by atoms with Crippen LogP contribution in [0, 0.1) is 5.92 Å². The van der Waals surface area contributed by atoms with E-state index in [1.807, 2.05) is 0 Å². The van der Waals surface area contributed by atoms with Gasteiger partial charge in [-0.15, -0.1) is 21.5 Å². The lowest BCUT2D eigenvalue weighted by Gasteiger charge is -2.14. The highest BCUT2D eigenvalue weighted by Gasteiger charge is 2.11. The fourth-order valence-corrected chi connectivity index (χ4v) is 4.73. The highest BCUT2D eigenvalue weighted by Crippen LogP contribution is 2.25. The van der Waals surface area contributed by atoms with E-state index in [1.165, 1.54) is 34.4 Å². The number of carbonyl (C=O) groups excluding carboxylic acids is 1. The molecule has 0 fully saturated rings. The third kappa shape index (κ3) is 8.51. The van der Waals surface area contributed by atoms with Crippen LogP contribution in [0.3, 0.4) is 0 Å². The summed E-state index contributed by atoms with van der Waals surface area (Å²) >= 11 is 4.71. The first kappa shape index (κ1) is 21.2. The number of carbonyl (C=O) groups is 1. The average Bonchev–Trinajstić information content (AvgIpc) is 3.24. The number of thioether (sulfide) groups is 1. The van der Waals surface area contributed by atoms with Crippen molar-refractivity contribution in [1.82, 2.24) is 15.5 Å². The van der Waals surface area contributed by atoms with E-state index in [9.17, 15) is 4.79 Å². The molecule has 1 amide bonds. The van der Waals surface area contributed by atoms with E-state index >= 15 is 0 Å². The van der Waals surface area contributed by atoms with Crippen LogP contribution >= 0.6 is 34.4 Å². The van der Waals surface area contributed by atoms with Gasteiger partial charge in [0.15, 0.2) is 4.34 Å². The lowest BCUT2D eigenvalue weighted by Crippen LogP contribution is -2.33. The second-order valence-electron chi connectivity index (χ2n) is 6.71. The number of rotatable bonds is 12. The highest BCUT2D eigenvalue weighted by molar-refractivity contribution is 8.01. The minimum Gasteiger partial charge on any atom is -0.360 e. The Morgan fingerprint density at radius 3 is 2.85 bits per heavy atom. The zero-order valence-corrected chi connectivity index (χ0v) is 18.1. The van der Waals surface area contributed by atoms with Crippen molar-refractivity contribution in [3.8, 4) is 0 Å². The molecular formula is C18H28N4OS3. The molecule has 2 heterocycles. The van der Waals surface area contributed by atoms with Gasteiger partial charge in [-0.25, -0.2) is 0 Å². The van der Waals surface area contributed by atoms with Gasteiger partial charge in [-0.1, -0.05) is 55.9 Å². The summed E-state index contributed by atoms with van der Waals surface area (Å²) in [6.45, 7) is 7.37. The van der Waals surface area contributed by atoms with E-state index in [1.54, 1.807) is 11.3 Å². The number of nitrogens with zero attached hydrogens (tertiary/aromatic N) is 2. The van der Waals surface area contributed by atoms with Gasteiger partial charge in [-0.3, -0.25) is 4.79 Å². The van der Waals surface area contributed by atoms with Crippen LogP contribution in [0.1, 0.15) is 44.9 Å². The standard InChI is InChI=1S/C18H28N4OS3/c1-13(2)6-4-7-14(3)20-16(23)12-25-18-22-21-17(26-18)19-10-9-15-8-5-11-24-15/h5,8,11,13-14H,4,6-7,9-10,12H2,1-3H3,(H,19,21)(H,20,23). The van der Waals surface area contributed by atoms with Crippen LogP contribution in [-0.4, -0.2) is 34.4 Å². The van der Waals surface area contributed by atoms with E-state index in [4.69, 9.17) is 0 Å². The van der Waals surface area contributed by atoms with Crippen molar-refractivity contribution >= 4 is 45.5 Å². The summed E-state index contributed by atoms with van der Waals surface area (Å²) < 4.78 is 0.825. The number of nitrogens with one attached hydrogen (secondary N) is 2. The fourth-order valence-electron chi connectivity index (χ4n) is 2.44. The monoisotopic (exact) mass is 412 g/mol. The van der Waals surface area contributed by atoms with Crippen LogP contribution in [0.4, 0.5) is 5.13 Å². The molecule has 144 valence electrons. The quantitative estimate of drug-likeness (QED) is 0.496. The summed E-state index contributed by atoms with van der Waals surface area (Å²) in [5.74, 6) is 1.17. The molecule has 1 atom stereocenters. The van der Waals surface area contributed by atoms with Gasteiger partial charge in [0.2, 0.25) is 11.0 Å². The van der Waals surface area contributed by atoms with E-state index in [0.717, 1.165) is 41.2 Å². The van der Waals surface area contributed by atoms with Crippen LogP contribution in [-0.2, 0) is 11.2 Å². The summed E-state index contributed by atoms with van der Waals surface area (Å²) in [5, 5.41) is 17.5. The first-order valence-electron chi connectivity index (χ1n) is 9.05. The van der Waals surface area contributed by atoms with E-state index in [0.29, 0.717) is 5.75 Å². The number of aromatic nitrogens is 2. The molecule has 0 aliphatic heterocycles. The van der Waals surface area contributed by atoms with Gasteiger partial charge >= 0.3 is 0 Å². The molecule has 2 aromatic heterocycles. The minimum atomic E-state index is 0.0643. The number of thiophene rings is 1. The first-order valence-corrected chi connectivity index (χ1v) is 11.7. The maximum atomic E-state index is 12.0. The van der Waals surface area contributed by atoms with Gasteiger partial charge in [0, 0.05) is 17.5 Å². The van der Waals surface area contributed by atoms with Gasteiger partial charge < -0.3 is 10.6 Å². The van der Waals surface area contributed by atoms with Gasteiger partial charge in [-0.05, 0) is 37.1 Å². The third-order valence-electron chi connectivity index (χ3n) is 3.79. The SMILES string of the molecule is CC(C)CCCC(C)NC(=O)CSc1nnc(NCCc2cccs2)s1. The summed E-state index contributed by atoms with van der Waals surface area (Å²) in [6.07, 6.45) is 4.38. The number of amides is 1. The summed E-state index contributed by atoms with van der Waals surface area (Å²) in [7, 11) is 0. The molecule has 0 aliphatic rings. The van der Waals surface area contributed by atoms with Crippen molar-refractivity contribution in [3.05, 3.63) is 22.4 Å². The Labute approximate surface area is 168 Å². The van der Waals surface area contributed by atoms with Crippen molar-refractivity contribution in [2.24, 2.45) is 5.92 Å². The Kier molecular flexibility index (Phi) is 9.42. The molecule has 0 bridgehead atoms. The van der Waals surface area contributed by atoms with Crippen LogP contribution in [0.2, 0.25) is 0 Å². The molecule has 0 aliphatic carbocycles. The molecule has 0 saturated carbocycles. The topological polar surface area (TPSA) is 66.9 Å². The predicted molar refractivity (Wildman–Crippen MR) is 113 cm³/mol. The van der Waals surface area contributed by atoms with E-state index in [2.05, 4.69) is 59.1 Å². The molecule has 5 nitrogen and oxygen atoms in total. The van der Waals surface area contributed by atoms with Crippen molar-refractivity contribution in [2.45, 2.75) is 56.8 Å². The number of anilines is 1. The first-order chi connectivity index (χ1) is 12.5. The molecule has 2 aromatic rings. The summed E-state index contributed by atoms with van der Waals surface area (Å²) in [6, 6.07) is 4.43. The van der Waals surface area contributed by atoms with E-state index in [-0.39, 0.29) is 11.9 Å². The molecule has 2 N–H and O–H groups in total. The molecule has 26 heavy (non-hydrogen) atoms. The lowest BCUT2D eigenvalue weighted by molar-refractivity contribution is -0.119. The van der Waals surface area contributed by atoms with Crippen LogP contribution < -0.4 is 10.6 Å². The Morgan fingerprint density at radius 2 is 2.12 bits per heavy atom. The van der Waals surface area contributed by atoms with E-state index < -0.39 is 0 Å². The van der Waals surface area contributed by atoms with Crippen molar-refractivity contribution in [3.63, 3.8) is 0 Å². The molecular weight excluding hydrogens is 384 g/mol. The second-order valence-corrected chi connectivity index (χ2v) is 9.94. The maximum absolute atomic E-state index is 12.0. The zero-order valence-electron chi connectivity index (χ0n) is 15.7. The predicted octanol–water partition coefficient (Wildman–Crippen LogP) is 4.68. The van der Waals surface area contributed by atoms with Crippen LogP contribution in [0.15, 0.2) is 21.9 Å². The highest BCUT2D eigenvalue weighted by atomic mass is 32.2. The normalized spacial score (nSPS) is 12.3. The molecule has 0 saturated heterocycles. The number of hydrogen-bond donors (Lipinski definition) is 2. The van der Waals surface area contributed by atoms with Crippen molar-refractivity contribution < 1.29 is 4.79 Å². The van der Waals surface area contributed by atoms with Gasteiger partial charge in [0.05, 0.1) is 5.75 Å². The van der Waals surface area contributed by atoms with Gasteiger partial charge in [0.25, 0.3) is 0 Å². The Hall–Kier alpha value is -1.12. The Balaban J connectivity index is 1.61. The number of hydrogen-bond acceptors (Lipinski definition) is 7. The molecule has 2 rings (SSSR count). The largest absolute Gasteiger partial charge is 0.360 e. The zero-order chi connectivity index (χ0) is 18.8. The second kappa shape index (κ2) is 11.6. The average molecular weight is 413 g/mol. The van der Waals surface area contributed by atoms with Gasteiger partial charge in [-0.2, -0.15) is 0 Å². The molecule has 0 spiro atoms. The minimum absolute atomic E-state index is 0.0643. The van der Waals surface area contributed by atoms with Crippen molar-refractivity contribution in [1.29, 1.82) is 0 Å². The Morgan fingerprint density at radius 1 is 1.27 bits per heavy atom. The Bertz CT molecular complexity index is 643. The maximum Gasteiger partial charge on any atom is 0.230 e. The molecule has 0 aromatic carbocycles.